The molecule has 0 aliphatic rings. The zero-order chi connectivity index (χ0) is 19.6. The smallest absolute Gasteiger partial charge is 0.230 e. The molecule has 0 aromatic heterocycles. The number of amides is 1. The minimum atomic E-state index is 0.0221. The molecular formula is C22H27NO3S. The Morgan fingerprint density at radius 1 is 1.15 bits per heavy atom. The van der Waals surface area contributed by atoms with Crippen molar-refractivity contribution in [1.82, 2.24) is 5.32 Å². The zero-order valence-electron chi connectivity index (χ0n) is 16.2. The minimum absolute atomic E-state index is 0.0221. The van der Waals surface area contributed by atoms with Gasteiger partial charge in [0.05, 0.1) is 12.9 Å². The van der Waals surface area contributed by atoms with Crippen LogP contribution in [0, 0.1) is 0 Å². The average Bonchev–Trinajstić information content (AvgIpc) is 2.67. The van der Waals surface area contributed by atoms with Gasteiger partial charge in [-0.1, -0.05) is 30.3 Å². The molecule has 1 atom stereocenters. The third-order valence-corrected chi connectivity index (χ3v) is 5.28. The monoisotopic (exact) mass is 385 g/mol. The van der Waals surface area contributed by atoms with E-state index in [2.05, 4.69) is 17.4 Å². The number of nitrogens with one attached hydrogen (secondary N) is 1. The Morgan fingerprint density at radius 3 is 2.56 bits per heavy atom. The first-order valence-corrected chi connectivity index (χ1v) is 10.2. The van der Waals surface area contributed by atoms with Gasteiger partial charge in [-0.25, -0.2) is 0 Å². The van der Waals surface area contributed by atoms with Gasteiger partial charge < -0.3 is 10.1 Å². The second-order valence-corrected chi connectivity index (χ2v) is 7.55. The number of aryl methyl sites for hydroxylation is 1. The van der Waals surface area contributed by atoms with E-state index in [9.17, 15) is 9.59 Å². The van der Waals surface area contributed by atoms with Gasteiger partial charge >= 0.3 is 0 Å². The molecule has 5 heteroatoms. The number of ether oxygens (including phenoxy) is 1. The van der Waals surface area contributed by atoms with E-state index in [4.69, 9.17) is 4.74 Å². The molecule has 1 N–H and O–H groups in total. The molecule has 0 bridgehead atoms. The number of hydrogen-bond donors (Lipinski definition) is 1. The first-order chi connectivity index (χ1) is 13.0. The van der Waals surface area contributed by atoms with Crippen LogP contribution in [-0.4, -0.2) is 30.6 Å². The molecule has 0 saturated carbocycles. The molecule has 0 radical (unpaired) electrons. The van der Waals surface area contributed by atoms with Gasteiger partial charge in [0, 0.05) is 22.9 Å². The van der Waals surface area contributed by atoms with Crippen LogP contribution >= 0.6 is 11.8 Å². The van der Waals surface area contributed by atoms with Crippen LogP contribution in [-0.2, 0) is 17.0 Å². The second kappa shape index (κ2) is 10.8. The molecule has 1 amide bonds. The maximum absolute atomic E-state index is 12.2. The van der Waals surface area contributed by atoms with Gasteiger partial charge in [0.25, 0.3) is 0 Å². The van der Waals surface area contributed by atoms with Crippen LogP contribution in [0.25, 0.3) is 0 Å². The van der Waals surface area contributed by atoms with Gasteiger partial charge in [0.1, 0.15) is 5.75 Å². The molecule has 0 aliphatic carbocycles. The van der Waals surface area contributed by atoms with Crippen molar-refractivity contribution in [3.05, 3.63) is 65.2 Å². The van der Waals surface area contributed by atoms with E-state index in [-0.39, 0.29) is 17.7 Å². The Morgan fingerprint density at radius 2 is 1.89 bits per heavy atom. The standard InChI is InChI=1S/C22H27NO3S/c1-16(9-10-18-7-5-4-6-8-18)23-22(25)15-27-14-20-13-19(17(2)24)11-12-21(20)26-3/h4-8,11-13,16H,9-10,14-15H2,1-3H3,(H,23,25)/t16-/m0/s1. The van der Waals surface area contributed by atoms with E-state index in [0.29, 0.717) is 17.1 Å². The van der Waals surface area contributed by atoms with Crippen LogP contribution in [0.3, 0.4) is 0 Å². The fourth-order valence-electron chi connectivity index (χ4n) is 2.78. The first kappa shape index (κ1) is 21.0. The molecule has 2 rings (SSSR count). The Labute approximate surface area is 165 Å². The van der Waals surface area contributed by atoms with E-state index in [1.807, 2.05) is 31.2 Å². The molecule has 0 unspecified atom stereocenters. The summed E-state index contributed by atoms with van der Waals surface area (Å²) in [6.07, 6.45) is 1.86. The fraction of sp³-hybridized carbons (Fsp3) is 0.364. The third-order valence-electron chi connectivity index (χ3n) is 4.29. The number of carbonyl (C=O) groups excluding carboxylic acids is 2. The fourth-order valence-corrected chi connectivity index (χ4v) is 3.60. The summed E-state index contributed by atoms with van der Waals surface area (Å²) in [5.74, 6) is 1.79. The summed E-state index contributed by atoms with van der Waals surface area (Å²) in [4.78, 5) is 23.7. The van der Waals surface area contributed by atoms with Crippen LogP contribution in [0.2, 0.25) is 0 Å². The van der Waals surface area contributed by atoms with Crippen molar-refractivity contribution < 1.29 is 14.3 Å². The lowest BCUT2D eigenvalue weighted by Crippen LogP contribution is -2.34. The molecule has 144 valence electrons. The van der Waals surface area contributed by atoms with E-state index >= 15 is 0 Å². The lowest BCUT2D eigenvalue weighted by atomic mass is 10.1. The van der Waals surface area contributed by atoms with Crippen molar-refractivity contribution in [2.24, 2.45) is 0 Å². The highest BCUT2D eigenvalue weighted by Gasteiger charge is 2.11. The molecule has 2 aromatic carbocycles. The molecule has 4 nitrogen and oxygen atoms in total. The summed E-state index contributed by atoms with van der Waals surface area (Å²) in [6, 6.07) is 15.8. The quantitative estimate of drug-likeness (QED) is 0.621. The largest absolute Gasteiger partial charge is 0.496 e. The summed E-state index contributed by atoms with van der Waals surface area (Å²) < 4.78 is 5.35. The van der Waals surface area contributed by atoms with Crippen LogP contribution in [0.15, 0.2) is 48.5 Å². The average molecular weight is 386 g/mol. The Kier molecular flexibility index (Phi) is 8.40. The van der Waals surface area contributed by atoms with Crippen LogP contribution in [0.4, 0.5) is 0 Å². The van der Waals surface area contributed by atoms with Gasteiger partial charge in [-0.3, -0.25) is 9.59 Å². The van der Waals surface area contributed by atoms with Crippen molar-refractivity contribution >= 4 is 23.5 Å². The van der Waals surface area contributed by atoms with Gasteiger partial charge in [0.15, 0.2) is 5.78 Å². The summed E-state index contributed by atoms with van der Waals surface area (Å²) >= 11 is 1.52. The first-order valence-electron chi connectivity index (χ1n) is 9.08. The number of hydrogen-bond acceptors (Lipinski definition) is 4. The van der Waals surface area contributed by atoms with Gasteiger partial charge in [-0.2, -0.15) is 0 Å². The number of thioether (sulfide) groups is 1. The molecular weight excluding hydrogens is 358 g/mol. The zero-order valence-corrected chi connectivity index (χ0v) is 17.0. The highest BCUT2D eigenvalue weighted by Crippen LogP contribution is 2.24. The van der Waals surface area contributed by atoms with Crippen molar-refractivity contribution in [3.63, 3.8) is 0 Å². The van der Waals surface area contributed by atoms with Crippen LogP contribution in [0.1, 0.15) is 41.8 Å². The summed E-state index contributed by atoms with van der Waals surface area (Å²) in [7, 11) is 1.61. The Bertz CT molecular complexity index is 761. The van der Waals surface area contributed by atoms with Crippen molar-refractivity contribution in [3.8, 4) is 5.75 Å². The van der Waals surface area contributed by atoms with E-state index in [0.717, 1.165) is 24.2 Å². The SMILES string of the molecule is COc1ccc(C(C)=O)cc1CSCC(=O)N[C@@H](C)CCc1ccccc1. The Balaban J connectivity index is 1.77. The molecule has 27 heavy (non-hydrogen) atoms. The van der Waals surface area contributed by atoms with Crippen LogP contribution < -0.4 is 10.1 Å². The normalized spacial score (nSPS) is 11.7. The molecule has 2 aromatic rings. The third kappa shape index (κ3) is 7.10. The summed E-state index contributed by atoms with van der Waals surface area (Å²) in [6.45, 7) is 3.58. The predicted octanol–water partition coefficient (Wildman–Crippen LogP) is 4.27. The van der Waals surface area contributed by atoms with Gasteiger partial charge in [-0.05, 0) is 50.5 Å². The van der Waals surface area contributed by atoms with Crippen molar-refractivity contribution in [2.75, 3.05) is 12.9 Å². The summed E-state index contributed by atoms with van der Waals surface area (Å²) in [5, 5.41) is 3.05. The number of ketones is 1. The van der Waals surface area contributed by atoms with Crippen molar-refractivity contribution in [1.29, 1.82) is 0 Å². The minimum Gasteiger partial charge on any atom is -0.496 e. The van der Waals surface area contributed by atoms with Crippen LogP contribution in [0.5, 0.6) is 5.75 Å². The number of Topliss-reactive ketones (excluding diaryl/α,β-unsaturated/α-hetero) is 1. The van der Waals surface area contributed by atoms with E-state index < -0.39 is 0 Å². The molecule has 0 heterocycles. The lowest BCUT2D eigenvalue weighted by Gasteiger charge is -2.14. The highest BCUT2D eigenvalue weighted by atomic mass is 32.2. The van der Waals surface area contributed by atoms with Gasteiger partial charge in [0.2, 0.25) is 5.91 Å². The predicted molar refractivity (Wildman–Crippen MR) is 112 cm³/mol. The topological polar surface area (TPSA) is 55.4 Å². The molecule has 0 saturated heterocycles. The molecule has 0 spiro atoms. The molecule has 0 fully saturated rings. The van der Waals surface area contributed by atoms with Gasteiger partial charge in [-0.15, -0.1) is 11.8 Å². The maximum atomic E-state index is 12.2. The number of benzene rings is 2. The number of methoxy groups -OCH3 is 1. The number of rotatable bonds is 10. The Hall–Kier alpha value is -2.27. The second-order valence-electron chi connectivity index (χ2n) is 6.57. The van der Waals surface area contributed by atoms with Crippen molar-refractivity contribution in [2.45, 2.75) is 38.5 Å². The van der Waals surface area contributed by atoms with E-state index in [1.165, 1.54) is 17.3 Å². The van der Waals surface area contributed by atoms with E-state index in [1.54, 1.807) is 26.2 Å². The number of carbonyl (C=O) groups is 2. The highest BCUT2D eigenvalue weighted by molar-refractivity contribution is 7.99. The maximum Gasteiger partial charge on any atom is 0.230 e. The summed E-state index contributed by atoms with van der Waals surface area (Å²) in [5.41, 5.74) is 2.87. The lowest BCUT2D eigenvalue weighted by molar-refractivity contribution is -0.119. The molecule has 0 aliphatic heterocycles.